The maximum Gasteiger partial charge on any atom is 0.231 e. The molecule has 0 saturated heterocycles. The number of carbonyl (C=O) groups is 1. The van der Waals surface area contributed by atoms with Crippen LogP contribution in [0.2, 0.25) is 0 Å². The molecule has 1 aromatic rings. The van der Waals surface area contributed by atoms with Gasteiger partial charge in [0.25, 0.3) is 0 Å². The lowest BCUT2D eigenvalue weighted by Gasteiger charge is -2.22. The molecular weight excluding hydrogens is 256 g/mol. The van der Waals surface area contributed by atoms with E-state index in [0.717, 1.165) is 12.8 Å². The van der Waals surface area contributed by atoms with Gasteiger partial charge in [0.15, 0.2) is 5.82 Å². The Morgan fingerprint density at radius 1 is 1.40 bits per heavy atom. The van der Waals surface area contributed by atoms with Crippen molar-refractivity contribution >= 4 is 5.91 Å². The van der Waals surface area contributed by atoms with Gasteiger partial charge in [-0.25, -0.2) is 0 Å². The first-order valence-electron chi connectivity index (χ1n) is 7.43. The number of nitrogens with zero attached hydrogens (tertiary/aromatic N) is 2. The molecule has 3 N–H and O–H groups in total. The van der Waals surface area contributed by atoms with Gasteiger partial charge in [-0.2, -0.15) is 4.98 Å². The number of carbonyl (C=O) groups excluding carboxylic acids is 1. The first-order chi connectivity index (χ1) is 9.56. The minimum atomic E-state index is -0.0561. The van der Waals surface area contributed by atoms with Crippen LogP contribution >= 0.6 is 0 Å². The first-order valence-corrected chi connectivity index (χ1v) is 7.43. The Morgan fingerprint density at radius 2 is 2.10 bits per heavy atom. The Balaban J connectivity index is 1.85. The van der Waals surface area contributed by atoms with Crippen molar-refractivity contribution in [3.8, 4) is 0 Å². The van der Waals surface area contributed by atoms with Crippen LogP contribution in [0.25, 0.3) is 0 Å². The number of aromatic nitrogens is 2. The molecule has 1 saturated carbocycles. The van der Waals surface area contributed by atoms with E-state index < -0.39 is 0 Å². The van der Waals surface area contributed by atoms with Crippen molar-refractivity contribution in [2.45, 2.75) is 70.4 Å². The third kappa shape index (κ3) is 4.03. The topological polar surface area (TPSA) is 94.0 Å². The molecule has 0 spiro atoms. The molecule has 6 nitrogen and oxygen atoms in total. The van der Waals surface area contributed by atoms with Gasteiger partial charge in [-0.15, -0.1) is 0 Å². The van der Waals surface area contributed by atoms with Crippen molar-refractivity contribution in [1.82, 2.24) is 15.5 Å². The Bertz CT molecular complexity index is 438. The zero-order valence-corrected chi connectivity index (χ0v) is 12.3. The van der Waals surface area contributed by atoms with Crippen molar-refractivity contribution in [2.75, 3.05) is 0 Å². The molecule has 0 aromatic carbocycles. The molecule has 0 aliphatic heterocycles. The Hall–Kier alpha value is -1.43. The van der Waals surface area contributed by atoms with E-state index in [1.165, 1.54) is 19.3 Å². The molecule has 1 amide bonds. The minimum Gasteiger partial charge on any atom is -0.353 e. The molecule has 20 heavy (non-hydrogen) atoms. The van der Waals surface area contributed by atoms with Crippen LogP contribution in [0, 0.1) is 0 Å². The van der Waals surface area contributed by atoms with Crippen LogP contribution in [-0.2, 0) is 11.2 Å². The van der Waals surface area contributed by atoms with E-state index in [1.807, 2.05) is 13.8 Å². The van der Waals surface area contributed by atoms with Crippen LogP contribution in [0.4, 0.5) is 0 Å². The van der Waals surface area contributed by atoms with Gasteiger partial charge >= 0.3 is 0 Å². The van der Waals surface area contributed by atoms with Gasteiger partial charge in [0.05, 0.1) is 12.3 Å². The molecule has 1 aromatic heterocycles. The quantitative estimate of drug-likeness (QED) is 0.852. The first kappa shape index (κ1) is 15.0. The fourth-order valence-corrected chi connectivity index (χ4v) is 2.42. The second-order valence-corrected chi connectivity index (χ2v) is 5.78. The Morgan fingerprint density at radius 3 is 2.75 bits per heavy atom. The van der Waals surface area contributed by atoms with Crippen LogP contribution in [0.3, 0.4) is 0 Å². The van der Waals surface area contributed by atoms with Crippen molar-refractivity contribution in [2.24, 2.45) is 5.73 Å². The molecule has 2 unspecified atom stereocenters. The monoisotopic (exact) mass is 280 g/mol. The van der Waals surface area contributed by atoms with E-state index in [9.17, 15) is 4.79 Å². The second kappa shape index (κ2) is 6.83. The van der Waals surface area contributed by atoms with Gasteiger partial charge in [0.1, 0.15) is 0 Å². The van der Waals surface area contributed by atoms with Gasteiger partial charge < -0.3 is 15.6 Å². The SMILES string of the molecule is CC(N)C(C)c1nc(CC(=O)NC2CCCCC2)no1. The standard InChI is InChI=1S/C14H24N4O2/c1-9(10(2)15)14-17-12(18-20-14)8-13(19)16-11-6-4-3-5-7-11/h9-11H,3-8,15H2,1-2H3,(H,16,19). The van der Waals surface area contributed by atoms with Gasteiger partial charge in [0, 0.05) is 12.1 Å². The number of hydrogen-bond donors (Lipinski definition) is 2. The van der Waals surface area contributed by atoms with Crippen LogP contribution < -0.4 is 11.1 Å². The average molecular weight is 280 g/mol. The summed E-state index contributed by atoms with van der Waals surface area (Å²) in [6.45, 7) is 3.83. The fraction of sp³-hybridized carbons (Fsp3) is 0.786. The zero-order chi connectivity index (χ0) is 14.5. The molecule has 1 aliphatic rings. The maximum atomic E-state index is 11.9. The highest BCUT2D eigenvalue weighted by Gasteiger charge is 2.20. The van der Waals surface area contributed by atoms with Crippen LogP contribution in [0.5, 0.6) is 0 Å². The van der Waals surface area contributed by atoms with E-state index in [1.54, 1.807) is 0 Å². The summed E-state index contributed by atoms with van der Waals surface area (Å²) in [7, 11) is 0. The van der Waals surface area contributed by atoms with E-state index in [2.05, 4.69) is 15.5 Å². The van der Waals surface area contributed by atoms with Gasteiger partial charge in [-0.3, -0.25) is 4.79 Å². The predicted molar refractivity (Wildman–Crippen MR) is 75.1 cm³/mol. The fourth-order valence-electron chi connectivity index (χ4n) is 2.42. The van der Waals surface area contributed by atoms with Gasteiger partial charge in [0.2, 0.25) is 11.8 Å². The molecule has 2 rings (SSSR count). The molecular formula is C14H24N4O2. The molecule has 2 atom stereocenters. The summed E-state index contributed by atoms with van der Waals surface area (Å²) in [5.41, 5.74) is 5.80. The molecule has 1 heterocycles. The van der Waals surface area contributed by atoms with Crippen LogP contribution in [0.15, 0.2) is 4.52 Å². The van der Waals surface area contributed by atoms with Crippen molar-refractivity contribution in [3.63, 3.8) is 0 Å². The summed E-state index contributed by atoms with van der Waals surface area (Å²) < 4.78 is 5.16. The largest absolute Gasteiger partial charge is 0.353 e. The van der Waals surface area contributed by atoms with Crippen molar-refractivity contribution < 1.29 is 9.32 Å². The summed E-state index contributed by atoms with van der Waals surface area (Å²) in [5.74, 6) is 0.900. The van der Waals surface area contributed by atoms with E-state index in [0.29, 0.717) is 17.8 Å². The Kier molecular flexibility index (Phi) is 5.11. The molecule has 1 fully saturated rings. The smallest absolute Gasteiger partial charge is 0.231 e. The van der Waals surface area contributed by atoms with Gasteiger partial charge in [-0.1, -0.05) is 31.3 Å². The molecule has 1 aliphatic carbocycles. The third-order valence-corrected chi connectivity index (χ3v) is 3.95. The Labute approximate surface area is 119 Å². The van der Waals surface area contributed by atoms with Crippen LogP contribution in [0.1, 0.15) is 63.6 Å². The van der Waals surface area contributed by atoms with Crippen molar-refractivity contribution in [1.29, 1.82) is 0 Å². The lowest BCUT2D eigenvalue weighted by atomic mass is 9.95. The summed E-state index contributed by atoms with van der Waals surface area (Å²) in [4.78, 5) is 16.2. The summed E-state index contributed by atoms with van der Waals surface area (Å²) in [6, 6.07) is 0.255. The summed E-state index contributed by atoms with van der Waals surface area (Å²) in [6.07, 6.45) is 5.99. The maximum absolute atomic E-state index is 11.9. The summed E-state index contributed by atoms with van der Waals surface area (Å²) in [5, 5.41) is 6.89. The average Bonchev–Trinajstić information content (AvgIpc) is 2.87. The molecule has 0 radical (unpaired) electrons. The van der Waals surface area contributed by atoms with Crippen molar-refractivity contribution in [3.05, 3.63) is 11.7 Å². The third-order valence-electron chi connectivity index (χ3n) is 3.95. The van der Waals surface area contributed by atoms with Gasteiger partial charge in [-0.05, 0) is 19.8 Å². The van der Waals surface area contributed by atoms with Crippen LogP contribution in [-0.4, -0.2) is 28.1 Å². The predicted octanol–water partition coefficient (Wildman–Crippen LogP) is 1.51. The normalized spacial score (nSPS) is 19.6. The zero-order valence-electron chi connectivity index (χ0n) is 12.3. The lowest BCUT2D eigenvalue weighted by Crippen LogP contribution is -2.37. The minimum absolute atomic E-state index is 0.00217. The lowest BCUT2D eigenvalue weighted by molar-refractivity contribution is -0.121. The number of amides is 1. The van der Waals surface area contributed by atoms with E-state index in [4.69, 9.17) is 10.3 Å². The van der Waals surface area contributed by atoms with E-state index >= 15 is 0 Å². The number of rotatable bonds is 5. The molecule has 6 heteroatoms. The summed E-state index contributed by atoms with van der Waals surface area (Å²) >= 11 is 0. The number of hydrogen-bond acceptors (Lipinski definition) is 5. The van der Waals surface area contributed by atoms with E-state index in [-0.39, 0.29) is 24.3 Å². The highest BCUT2D eigenvalue weighted by Crippen LogP contribution is 2.18. The second-order valence-electron chi connectivity index (χ2n) is 5.78. The molecule has 112 valence electrons. The highest BCUT2D eigenvalue weighted by atomic mass is 16.5. The number of nitrogens with one attached hydrogen (secondary N) is 1. The highest BCUT2D eigenvalue weighted by molar-refractivity contribution is 5.78. The molecule has 0 bridgehead atoms. The number of nitrogens with two attached hydrogens (primary N) is 1.